The van der Waals surface area contributed by atoms with Gasteiger partial charge < -0.3 is 15.0 Å². The standard InChI is InChI=1S/C19H21FN2O2/c20-18-4-2-1-3-16(18)14-21-17-7-5-15(6-8-17)13-19(23)22-9-11-24-12-10-22/h1-8,21H,9-14H2. The third-order valence-corrected chi connectivity index (χ3v) is 4.11. The fourth-order valence-corrected chi connectivity index (χ4v) is 2.68. The van der Waals surface area contributed by atoms with Gasteiger partial charge in [-0.05, 0) is 23.8 Å². The molecule has 0 atom stereocenters. The van der Waals surface area contributed by atoms with Gasteiger partial charge in [-0.15, -0.1) is 0 Å². The van der Waals surface area contributed by atoms with Crippen LogP contribution in [-0.2, 0) is 22.5 Å². The van der Waals surface area contributed by atoms with Crippen LogP contribution in [0.5, 0.6) is 0 Å². The molecule has 2 aromatic carbocycles. The first kappa shape index (κ1) is 16.5. The first-order valence-electron chi connectivity index (χ1n) is 8.14. The van der Waals surface area contributed by atoms with Crippen molar-refractivity contribution in [1.82, 2.24) is 4.90 Å². The van der Waals surface area contributed by atoms with Gasteiger partial charge in [-0.3, -0.25) is 4.79 Å². The monoisotopic (exact) mass is 328 g/mol. The quantitative estimate of drug-likeness (QED) is 0.918. The molecule has 1 aliphatic rings. The zero-order valence-corrected chi connectivity index (χ0v) is 13.5. The Hall–Kier alpha value is -2.40. The van der Waals surface area contributed by atoms with Crippen LogP contribution in [0.3, 0.4) is 0 Å². The maximum absolute atomic E-state index is 13.6. The summed E-state index contributed by atoms with van der Waals surface area (Å²) in [5, 5.41) is 3.19. The summed E-state index contributed by atoms with van der Waals surface area (Å²) >= 11 is 0. The first-order chi connectivity index (χ1) is 11.7. The number of nitrogens with one attached hydrogen (secondary N) is 1. The molecule has 1 saturated heterocycles. The Balaban J connectivity index is 1.53. The molecule has 0 radical (unpaired) electrons. The Morgan fingerprint density at radius 1 is 1.08 bits per heavy atom. The van der Waals surface area contributed by atoms with Crippen LogP contribution in [0.1, 0.15) is 11.1 Å². The number of rotatable bonds is 5. The molecule has 1 N–H and O–H groups in total. The summed E-state index contributed by atoms with van der Waals surface area (Å²) in [7, 11) is 0. The van der Waals surface area contributed by atoms with Gasteiger partial charge in [0.25, 0.3) is 0 Å². The fourth-order valence-electron chi connectivity index (χ4n) is 2.68. The van der Waals surface area contributed by atoms with Crippen molar-refractivity contribution in [2.24, 2.45) is 0 Å². The minimum atomic E-state index is -0.210. The lowest BCUT2D eigenvalue weighted by Crippen LogP contribution is -2.41. The molecule has 0 aliphatic carbocycles. The highest BCUT2D eigenvalue weighted by Gasteiger charge is 2.16. The van der Waals surface area contributed by atoms with Crippen LogP contribution in [0.25, 0.3) is 0 Å². The Kier molecular flexibility index (Phi) is 5.43. The number of carbonyl (C=O) groups is 1. The molecule has 0 saturated carbocycles. The SMILES string of the molecule is O=C(Cc1ccc(NCc2ccccc2F)cc1)N1CCOCC1. The topological polar surface area (TPSA) is 41.6 Å². The van der Waals surface area contributed by atoms with Gasteiger partial charge >= 0.3 is 0 Å². The molecule has 1 heterocycles. The van der Waals surface area contributed by atoms with Crippen LogP contribution in [0.2, 0.25) is 0 Å². The van der Waals surface area contributed by atoms with E-state index in [1.165, 1.54) is 6.07 Å². The van der Waals surface area contributed by atoms with E-state index in [2.05, 4.69) is 5.32 Å². The van der Waals surface area contributed by atoms with Crippen molar-refractivity contribution in [2.45, 2.75) is 13.0 Å². The summed E-state index contributed by atoms with van der Waals surface area (Å²) in [4.78, 5) is 14.1. The van der Waals surface area contributed by atoms with Crippen molar-refractivity contribution in [3.8, 4) is 0 Å². The Morgan fingerprint density at radius 3 is 2.50 bits per heavy atom. The van der Waals surface area contributed by atoms with Gasteiger partial charge in [-0.2, -0.15) is 0 Å². The van der Waals surface area contributed by atoms with Gasteiger partial charge in [-0.25, -0.2) is 4.39 Å². The van der Waals surface area contributed by atoms with Gasteiger partial charge in [-0.1, -0.05) is 30.3 Å². The Labute approximate surface area is 141 Å². The van der Waals surface area contributed by atoms with Gasteiger partial charge in [0.15, 0.2) is 0 Å². The minimum absolute atomic E-state index is 0.130. The number of carbonyl (C=O) groups excluding carboxylic acids is 1. The summed E-state index contributed by atoms with van der Waals surface area (Å²) in [6.45, 7) is 3.00. The molecule has 1 fully saturated rings. The number of hydrogen-bond acceptors (Lipinski definition) is 3. The molecule has 1 aliphatic heterocycles. The average molecular weight is 328 g/mol. The largest absolute Gasteiger partial charge is 0.381 e. The number of nitrogens with zero attached hydrogens (tertiary/aromatic N) is 1. The van der Waals surface area contributed by atoms with E-state index in [0.717, 1.165) is 11.3 Å². The first-order valence-corrected chi connectivity index (χ1v) is 8.14. The molecule has 0 spiro atoms. The van der Waals surface area contributed by atoms with E-state index in [9.17, 15) is 9.18 Å². The number of ether oxygens (including phenoxy) is 1. The third-order valence-electron chi connectivity index (χ3n) is 4.11. The number of morpholine rings is 1. The highest BCUT2D eigenvalue weighted by Crippen LogP contribution is 2.14. The summed E-state index contributed by atoms with van der Waals surface area (Å²) in [5.41, 5.74) is 2.51. The van der Waals surface area contributed by atoms with E-state index in [1.807, 2.05) is 35.2 Å². The molecule has 0 unspecified atom stereocenters. The van der Waals surface area contributed by atoms with Gasteiger partial charge in [0.1, 0.15) is 5.82 Å². The smallest absolute Gasteiger partial charge is 0.227 e. The minimum Gasteiger partial charge on any atom is -0.381 e. The second-order valence-electron chi connectivity index (χ2n) is 5.81. The second-order valence-corrected chi connectivity index (χ2v) is 5.81. The molecule has 1 amide bonds. The van der Waals surface area contributed by atoms with Gasteiger partial charge in [0, 0.05) is 30.9 Å². The predicted molar refractivity (Wildman–Crippen MR) is 91.3 cm³/mol. The Morgan fingerprint density at radius 2 is 1.79 bits per heavy atom. The molecule has 0 aromatic heterocycles. The molecule has 24 heavy (non-hydrogen) atoms. The Bertz CT molecular complexity index is 682. The zero-order chi connectivity index (χ0) is 16.8. The summed E-state index contributed by atoms with van der Waals surface area (Å²) in [6, 6.07) is 14.4. The van der Waals surface area contributed by atoms with E-state index >= 15 is 0 Å². The van der Waals surface area contributed by atoms with Crippen LogP contribution in [0.15, 0.2) is 48.5 Å². The lowest BCUT2D eigenvalue weighted by Gasteiger charge is -2.26. The third kappa shape index (κ3) is 4.32. The summed E-state index contributed by atoms with van der Waals surface area (Å²) < 4.78 is 18.8. The number of benzene rings is 2. The van der Waals surface area contributed by atoms with E-state index < -0.39 is 0 Å². The molecule has 5 heteroatoms. The molecular weight excluding hydrogens is 307 g/mol. The molecule has 0 bridgehead atoms. The van der Waals surface area contributed by atoms with Crippen molar-refractivity contribution in [3.63, 3.8) is 0 Å². The highest BCUT2D eigenvalue weighted by atomic mass is 19.1. The van der Waals surface area contributed by atoms with E-state index in [4.69, 9.17) is 4.74 Å². The fraction of sp³-hybridized carbons (Fsp3) is 0.316. The summed E-state index contributed by atoms with van der Waals surface area (Å²) in [6.07, 6.45) is 0.396. The summed E-state index contributed by atoms with van der Waals surface area (Å²) in [5.74, 6) is -0.0805. The number of anilines is 1. The zero-order valence-electron chi connectivity index (χ0n) is 13.5. The van der Waals surface area contributed by atoms with Crippen LogP contribution >= 0.6 is 0 Å². The second kappa shape index (κ2) is 7.93. The number of hydrogen-bond donors (Lipinski definition) is 1. The van der Waals surface area contributed by atoms with Crippen molar-refractivity contribution in [2.75, 3.05) is 31.6 Å². The molecule has 2 aromatic rings. The van der Waals surface area contributed by atoms with E-state index in [1.54, 1.807) is 12.1 Å². The predicted octanol–water partition coefficient (Wildman–Crippen LogP) is 2.84. The van der Waals surface area contributed by atoms with Crippen LogP contribution in [-0.4, -0.2) is 37.1 Å². The molecule has 4 nitrogen and oxygen atoms in total. The van der Waals surface area contributed by atoms with Crippen LogP contribution in [0.4, 0.5) is 10.1 Å². The van der Waals surface area contributed by atoms with Gasteiger partial charge in [0.05, 0.1) is 19.6 Å². The molecule has 3 rings (SSSR count). The number of amides is 1. The van der Waals surface area contributed by atoms with E-state index in [0.29, 0.717) is 44.8 Å². The molecular formula is C19H21FN2O2. The normalized spacial score (nSPS) is 14.5. The average Bonchev–Trinajstić information content (AvgIpc) is 2.63. The highest BCUT2D eigenvalue weighted by molar-refractivity contribution is 5.79. The molecule has 126 valence electrons. The van der Waals surface area contributed by atoms with E-state index in [-0.39, 0.29) is 11.7 Å². The van der Waals surface area contributed by atoms with Crippen LogP contribution < -0.4 is 5.32 Å². The number of halogens is 1. The van der Waals surface area contributed by atoms with Crippen molar-refractivity contribution in [1.29, 1.82) is 0 Å². The van der Waals surface area contributed by atoms with Crippen molar-refractivity contribution in [3.05, 3.63) is 65.5 Å². The maximum Gasteiger partial charge on any atom is 0.227 e. The van der Waals surface area contributed by atoms with Crippen molar-refractivity contribution >= 4 is 11.6 Å². The van der Waals surface area contributed by atoms with Gasteiger partial charge in [0.2, 0.25) is 5.91 Å². The lowest BCUT2D eigenvalue weighted by atomic mass is 10.1. The maximum atomic E-state index is 13.6. The van der Waals surface area contributed by atoms with Crippen LogP contribution in [0, 0.1) is 5.82 Å². The van der Waals surface area contributed by atoms with Crippen molar-refractivity contribution < 1.29 is 13.9 Å². The lowest BCUT2D eigenvalue weighted by molar-refractivity contribution is -0.134.